The van der Waals surface area contributed by atoms with Gasteiger partial charge < -0.3 is 10.1 Å². The minimum Gasteiger partial charge on any atom is -0.459 e. The molecule has 20 heavy (non-hydrogen) atoms. The average Bonchev–Trinajstić information content (AvgIpc) is 2.26. The summed E-state index contributed by atoms with van der Waals surface area (Å²) in [6.45, 7) is 4.98. The number of nitrogens with one attached hydrogen (secondary N) is 1. The predicted octanol–water partition coefficient (Wildman–Crippen LogP) is 3.31. The molecule has 0 bridgehead atoms. The molecule has 0 radical (unpaired) electrons. The molecule has 0 aromatic heterocycles. The van der Waals surface area contributed by atoms with Gasteiger partial charge in [-0.15, -0.1) is 0 Å². The van der Waals surface area contributed by atoms with Crippen molar-refractivity contribution in [2.24, 2.45) is 0 Å². The van der Waals surface area contributed by atoms with E-state index in [9.17, 15) is 18.0 Å². The molecule has 1 unspecified atom stereocenters. The second-order valence-electron chi connectivity index (χ2n) is 5.34. The molecule has 0 amide bonds. The lowest BCUT2D eigenvalue weighted by Crippen LogP contribution is -2.34. The van der Waals surface area contributed by atoms with Crippen molar-refractivity contribution in [1.82, 2.24) is 5.32 Å². The van der Waals surface area contributed by atoms with Crippen molar-refractivity contribution in [1.29, 1.82) is 0 Å². The van der Waals surface area contributed by atoms with Crippen LogP contribution in [0.3, 0.4) is 0 Å². The van der Waals surface area contributed by atoms with Crippen LogP contribution < -0.4 is 5.32 Å². The number of likely N-dealkylation sites (N-methyl/N-ethyl adjacent to an activating group) is 1. The molecule has 6 heteroatoms. The Kier molecular flexibility index (Phi) is 4.81. The van der Waals surface area contributed by atoms with Gasteiger partial charge in [-0.1, -0.05) is 18.2 Å². The van der Waals surface area contributed by atoms with Crippen LogP contribution in [0.5, 0.6) is 0 Å². The van der Waals surface area contributed by atoms with E-state index in [1.807, 2.05) is 0 Å². The Morgan fingerprint density at radius 2 is 1.75 bits per heavy atom. The zero-order valence-corrected chi connectivity index (χ0v) is 11.8. The third-order valence-corrected chi connectivity index (χ3v) is 2.51. The number of hydrogen-bond donors (Lipinski definition) is 1. The fourth-order valence-electron chi connectivity index (χ4n) is 1.77. The highest BCUT2D eigenvalue weighted by Gasteiger charge is 2.37. The van der Waals surface area contributed by atoms with Gasteiger partial charge in [-0.3, -0.25) is 0 Å². The SMILES string of the molecule is CNC(C(=O)OC(C)(C)C)c1ccccc1C(F)(F)F. The lowest BCUT2D eigenvalue weighted by Gasteiger charge is -2.25. The Balaban J connectivity index is 3.17. The van der Waals surface area contributed by atoms with Crippen molar-refractivity contribution in [3.63, 3.8) is 0 Å². The van der Waals surface area contributed by atoms with Crippen molar-refractivity contribution >= 4 is 5.97 Å². The van der Waals surface area contributed by atoms with Crippen LogP contribution in [0, 0.1) is 0 Å². The van der Waals surface area contributed by atoms with E-state index in [2.05, 4.69) is 5.32 Å². The monoisotopic (exact) mass is 289 g/mol. The van der Waals surface area contributed by atoms with Gasteiger partial charge >= 0.3 is 12.1 Å². The largest absolute Gasteiger partial charge is 0.459 e. The topological polar surface area (TPSA) is 38.3 Å². The zero-order chi connectivity index (χ0) is 15.6. The van der Waals surface area contributed by atoms with Crippen molar-refractivity contribution < 1.29 is 22.7 Å². The van der Waals surface area contributed by atoms with E-state index in [-0.39, 0.29) is 5.56 Å². The fraction of sp³-hybridized carbons (Fsp3) is 0.500. The smallest absolute Gasteiger partial charge is 0.416 e. The number of carbonyl (C=O) groups excluding carboxylic acids is 1. The first kappa shape index (κ1) is 16.5. The van der Waals surface area contributed by atoms with Crippen LogP contribution in [-0.4, -0.2) is 18.6 Å². The Bertz CT molecular complexity index is 478. The maximum absolute atomic E-state index is 13.0. The van der Waals surface area contributed by atoms with E-state index in [4.69, 9.17) is 4.74 Å². The van der Waals surface area contributed by atoms with Crippen molar-refractivity contribution in [3.05, 3.63) is 35.4 Å². The first-order chi connectivity index (χ1) is 9.06. The van der Waals surface area contributed by atoms with Crippen LogP contribution in [0.4, 0.5) is 13.2 Å². The highest BCUT2D eigenvalue weighted by molar-refractivity contribution is 5.78. The summed E-state index contributed by atoms with van der Waals surface area (Å²) in [5.41, 5.74) is -1.75. The molecule has 0 aliphatic heterocycles. The van der Waals surface area contributed by atoms with Gasteiger partial charge in [-0.25, -0.2) is 4.79 Å². The van der Waals surface area contributed by atoms with E-state index in [0.29, 0.717) is 0 Å². The third-order valence-electron chi connectivity index (χ3n) is 2.51. The molecule has 1 aromatic rings. The minimum atomic E-state index is -4.52. The summed E-state index contributed by atoms with van der Waals surface area (Å²) in [5, 5.41) is 2.58. The van der Waals surface area contributed by atoms with Crippen molar-refractivity contribution in [3.8, 4) is 0 Å². The second-order valence-corrected chi connectivity index (χ2v) is 5.34. The van der Waals surface area contributed by atoms with Crippen LogP contribution in [-0.2, 0) is 15.7 Å². The Morgan fingerprint density at radius 1 is 1.20 bits per heavy atom. The average molecular weight is 289 g/mol. The molecule has 0 fully saturated rings. The highest BCUT2D eigenvalue weighted by Crippen LogP contribution is 2.35. The normalized spacial score (nSPS) is 13.9. The number of carbonyl (C=O) groups is 1. The lowest BCUT2D eigenvalue weighted by atomic mass is 9.99. The van der Waals surface area contributed by atoms with Gasteiger partial charge in [-0.05, 0) is 39.4 Å². The van der Waals surface area contributed by atoms with Gasteiger partial charge in [0.15, 0.2) is 0 Å². The minimum absolute atomic E-state index is 0.142. The first-order valence-electron chi connectivity index (χ1n) is 6.12. The summed E-state index contributed by atoms with van der Waals surface area (Å²) in [5.74, 6) is -0.739. The second kappa shape index (κ2) is 5.83. The molecule has 3 nitrogen and oxygen atoms in total. The summed E-state index contributed by atoms with van der Waals surface area (Å²) < 4.78 is 44.0. The number of rotatable bonds is 3. The standard InChI is InChI=1S/C14H18F3NO2/c1-13(2,3)20-12(19)11(18-4)9-7-5-6-8-10(9)14(15,16)17/h5-8,11,18H,1-4H3. The molecular weight excluding hydrogens is 271 g/mol. The van der Waals surface area contributed by atoms with Crippen LogP contribution in [0.15, 0.2) is 24.3 Å². The first-order valence-corrected chi connectivity index (χ1v) is 6.12. The summed E-state index contributed by atoms with van der Waals surface area (Å²) in [4.78, 5) is 12.0. The number of ether oxygens (including phenoxy) is 1. The number of halogens is 3. The number of hydrogen-bond acceptors (Lipinski definition) is 3. The predicted molar refractivity (Wildman–Crippen MR) is 69.1 cm³/mol. The Morgan fingerprint density at radius 3 is 2.20 bits per heavy atom. The maximum atomic E-state index is 13.0. The summed E-state index contributed by atoms with van der Waals surface area (Å²) in [6, 6.07) is 3.80. The van der Waals surface area contributed by atoms with Crippen LogP contribution >= 0.6 is 0 Å². The van der Waals surface area contributed by atoms with Gasteiger partial charge in [0.1, 0.15) is 11.6 Å². The maximum Gasteiger partial charge on any atom is 0.416 e. The van der Waals surface area contributed by atoms with E-state index < -0.39 is 29.4 Å². The Hall–Kier alpha value is -1.56. The number of alkyl halides is 3. The lowest BCUT2D eigenvalue weighted by molar-refractivity contribution is -0.158. The van der Waals surface area contributed by atoms with E-state index in [0.717, 1.165) is 6.07 Å². The molecule has 1 atom stereocenters. The molecular formula is C14H18F3NO2. The molecule has 1 aromatic carbocycles. The summed E-state index contributed by atoms with van der Waals surface area (Å²) in [6.07, 6.45) is -4.52. The molecule has 1 N–H and O–H groups in total. The van der Waals surface area contributed by atoms with Crippen LogP contribution in [0.1, 0.15) is 37.9 Å². The van der Waals surface area contributed by atoms with E-state index in [1.54, 1.807) is 20.8 Å². The summed E-state index contributed by atoms with van der Waals surface area (Å²) in [7, 11) is 1.42. The molecule has 0 aliphatic carbocycles. The molecule has 0 aliphatic rings. The summed E-state index contributed by atoms with van der Waals surface area (Å²) >= 11 is 0. The Labute approximate surface area is 116 Å². The highest BCUT2D eigenvalue weighted by atomic mass is 19.4. The van der Waals surface area contributed by atoms with Gasteiger partial charge in [0.25, 0.3) is 0 Å². The molecule has 0 heterocycles. The van der Waals surface area contributed by atoms with Crippen LogP contribution in [0.2, 0.25) is 0 Å². The van der Waals surface area contributed by atoms with Crippen molar-refractivity contribution in [2.75, 3.05) is 7.05 Å². The molecule has 112 valence electrons. The van der Waals surface area contributed by atoms with E-state index >= 15 is 0 Å². The van der Waals surface area contributed by atoms with Crippen molar-refractivity contribution in [2.45, 2.75) is 38.6 Å². The van der Waals surface area contributed by atoms with Gasteiger partial charge in [0.2, 0.25) is 0 Å². The molecule has 0 spiro atoms. The van der Waals surface area contributed by atoms with Gasteiger partial charge in [0.05, 0.1) is 5.56 Å². The zero-order valence-electron chi connectivity index (χ0n) is 11.8. The van der Waals surface area contributed by atoms with Gasteiger partial charge in [0, 0.05) is 0 Å². The fourth-order valence-corrected chi connectivity index (χ4v) is 1.77. The number of esters is 1. The van der Waals surface area contributed by atoms with Gasteiger partial charge in [-0.2, -0.15) is 13.2 Å². The van der Waals surface area contributed by atoms with Crippen LogP contribution in [0.25, 0.3) is 0 Å². The number of benzene rings is 1. The molecule has 1 rings (SSSR count). The third kappa shape index (κ3) is 4.23. The van der Waals surface area contributed by atoms with E-state index in [1.165, 1.54) is 25.2 Å². The molecule has 0 saturated carbocycles. The quantitative estimate of drug-likeness (QED) is 0.868. The molecule has 0 saturated heterocycles.